The zero-order chi connectivity index (χ0) is 11.9. The maximum absolute atomic E-state index is 13.3. The van der Waals surface area contributed by atoms with Crippen LogP contribution in [0, 0.1) is 15.9 Å². The van der Waals surface area contributed by atoms with Crippen molar-refractivity contribution >= 4 is 23.1 Å². The van der Waals surface area contributed by atoms with Crippen molar-refractivity contribution in [3.63, 3.8) is 0 Å². The lowest BCUT2D eigenvalue weighted by Crippen LogP contribution is -2.36. The lowest BCUT2D eigenvalue weighted by Gasteiger charge is -2.32. The Hall–Kier alpha value is -1.30. The second-order valence-electron chi connectivity index (χ2n) is 4.35. The molecular formula is C10H11FN2O2S. The quantitative estimate of drug-likeness (QED) is 0.607. The second-order valence-corrected chi connectivity index (χ2v) is 5.37. The van der Waals surface area contributed by atoms with Crippen LogP contribution < -0.4 is 5.32 Å². The zero-order valence-corrected chi connectivity index (χ0v) is 9.73. The summed E-state index contributed by atoms with van der Waals surface area (Å²) in [6, 6.07) is 2.49. The first-order chi connectivity index (χ1) is 7.39. The molecule has 0 spiro atoms. The van der Waals surface area contributed by atoms with E-state index >= 15 is 0 Å². The molecule has 1 aliphatic heterocycles. The van der Waals surface area contributed by atoms with Crippen LogP contribution in [0.15, 0.2) is 17.0 Å². The summed E-state index contributed by atoms with van der Waals surface area (Å²) in [6.45, 7) is 4.00. The molecule has 6 heteroatoms. The van der Waals surface area contributed by atoms with Crippen molar-refractivity contribution in [2.75, 3.05) is 11.1 Å². The van der Waals surface area contributed by atoms with Crippen LogP contribution in [-0.4, -0.2) is 16.2 Å². The molecule has 16 heavy (non-hydrogen) atoms. The number of nitro groups is 1. The van der Waals surface area contributed by atoms with E-state index < -0.39 is 16.4 Å². The number of nitrogens with one attached hydrogen (secondary N) is 1. The summed E-state index contributed by atoms with van der Waals surface area (Å²) >= 11 is 1.51. The Morgan fingerprint density at radius 3 is 2.88 bits per heavy atom. The highest BCUT2D eigenvalue weighted by Crippen LogP contribution is 2.40. The summed E-state index contributed by atoms with van der Waals surface area (Å²) in [6.07, 6.45) is 0. The number of hydrogen-bond donors (Lipinski definition) is 1. The van der Waals surface area contributed by atoms with E-state index in [1.807, 2.05) is 13.8 Å². The first-order valence-electron chi connectivity index (χ1n) is 4.78. The Morgan fingerprint density at radius 2 is 2.25 bits per heavy atom. The molecule has 0 saturated heterocycles. The van der Waals surface area contributed by atoms with Crippen molar-refractivity contribution in [1.29, 1.82) is 0 Å². The average molecular weight is 242 g/mol. The highest BCUT2D eigenvalue weighted by Gasteiger charge is 2.28. The van der Waals surface area contributed by atoms with Gasteiger partial charge in [0.1, 0.15) is 0 Å². The summed E-state index contributed by atoms with van der Waals surface area (Å²) < 4.78 is 13.3. The lowest BCUT2D eigenvalue weighted by atomic mass is 10.1. The zero-order valence-electron chi connectivity index (χ0n) is 8.91. The van der Waals surface area contributed by atoms with Gasteiger partial charge < -0.3 is 5.32 Å². The van der Waals surface area contributed by atoms with Gasteiger partial charge in [0.05, 0.1) is 10.6 Å². The van der Waals surface area contributed by atoms with E-state index in [0.29, 0.717) is 5.69 Å². The highest BCUT2D eigenvalue weighted by atomic mass is 32.2. The minimum absolute atomic E-state index is 0.136. The molecule has 86 valence electrons. The molecule has 0 bridgehead atoms. The molecule has 4 nitrogen and oxygen atoms in total. The minimum atomic E-state index is -0.780. The molecule has 1 heterocycles. The molecule has 1 aromatic carbocycles. The molecule has 0 radical (unpaired) electrons. The Labute approximate surface area is 96.4 Å². The van der Waals surface area contributed by atoms with Crippen molar-refractivity contribution < 1.29 is 9.31 Å². The fraction of sp³-hybridized carbons (Fsp3) is 0.400. The van der Waals surface area contributed by atoms with Crippen LogP contribution in [0.25, 0.3) is 0 Å². The number of benzene rings is 1. The van der Waals surface area contributed by atoms with E-state index in [4.69, 9.17) is 0 Å². The van der Waals surface area contributed by atoms with Crippen molar-refractivity contribution in [1.82, 2.24) is 0 Å². The minimum Gasteiger partial charge on any atom is -0.378 e. The van der Waals surface area contributed by atoms with Gasteiger partial charge in [0, 0.05) is 22.3 Å². The van der Waals surface area contributed by atoms with Gasteiger partial charge in [0.2, 0.25) is 5.82 Å². The summed E-state index contributed by atoms with van der Waals surface area (Å²) in [5, 5.41) is 13.8. The largest absolute Gasteiger partial charge is 0.378 e. The Bertz CT molecular complexity index is 462. The molecule has 1 aliphatic rings. The van der Waals surface area contributed by atoms with E-state index in [-0.39, 0.29) is 5.54 Å². The Kier molecular flexibility index (Phi) is 2.53. The third-order valence-corrected chi connectivity index (χ3v) is 3.82. The van der Waals surface area contributed by atoms with Gasteiger partial charge in [0.15, 0.2) is 0 Å². The SMILES string of the molecule is CC1(C)CSc2cc(F)c([N+](=O)[O-])cc2N1. The first-order valence-corrected chi connectivity index (χ1v) is 5.76. The fourth-order valence-corrected chi connectivity index (χ4v) is 2.60. The highest BCUT2D eigenvalue weighted by molar-refractivity contribution is 7.99. The van der Waals surface area contributed by atoms with E-state index in [2.05, 4.69) is 5.32 Å². The summed E-state index contributed by atoms with van der Waals surface area (Å²) in [7, 11) is 0. The van der Waals surface area contributed by atoms with Gasteiger partial charge in [-0.25, -0.2) is 0 Å². The van der Waals surface area contributed by atoms with Crippen LogP contribution in [0.5, 0.6) is 0 Å². The molecule has 0 aromatic heterocycles. The lowest BCUT2D eigenvalue weighted by molar-refractivity contribution is -0.387. The van der Waals surface area contributed by atoms with Gasteiger partial charge in [-0.05, 0) is 19.9 Å². The number of nitro benzene ring substituents is 1. The molecule has 1 aromatic rings. The van der Waals surface area contributed by atoms with Gasteiger partial charge in [0.25, 0.3) is 0 Å². The second kappa shape index (κ2) is 3.62. The maximum Gasteiger partial charge on any atom is 0.306 e. The standard InChI is InChI=1S/C10H11FN2O2S/c1-10(2)5-16-9-3-6(11)8(13(14)15)4-7(9)12-10/h3-4,12H,5H2,1-2H3. The molecule has 0 aliphatic carbocycles. The van der Waals surface area contributed by atoms with Crippen molar-refractivity contribution in [3.05, 3.63) is 28.1 Å². The number of thioether (sulfide) groups is 1. The molecule has 2 rings (SSSR count). The predicted molar refractivity (Wildman–Crippen MR) is 61.5 cm³/mol. The number of halogens is 1. The first kappa shape index (κ1) is 11.2. The molecule has 0 fully saturated rings. The fourth-order valence-electron chi connectivity index (χ4n) is 1.56. The summed E-state index contributed by atoms with van der Waals surface area (Å²) in [5.41, 5.74) is 0.0162. The van der Waals surface area contributed by atoms with Crippen LogP contribution >= 0.6 is 11.8 Å². The van der Waals surface area contributed by atoms with Crippen molar-refractivity contribution in [3.8, 4) is 0 Å². The number of nitrogens with zero attached hydrogens (tertiary/aromatic N) is 1. The summed E-state index contributed by atoms with van der Waals surface area (Å²) in [5.74, 6) is 0.0230. The van der Waals surface area contributed by atoms with E-state index in [9.17, 15) is 14.5 Å². The molecule has 0 amide bonds. The monoisotopic (exact) mass is 242 g/mol. The van der Waals surface area contributed by atoms with Gasteiger partial charge >= 0.3 is 5.69 Å². The van der Waals surface area contributed by atoms with Crippen LogP contribution in [0.3, 0.4) is 0 Å². The number of fused-ring (bicyclic) bond motifs is 1. The van der Waals surface area contributed by atoms with Crippen molar-refractivity contribution in [2.45, 2.75) is 24.3 Å². The summed E-state index contributed by atoms with van der Waals surface area (Å²) in [4.78, 5) is 10.6. The van der Waals surface area contributed by atoms with Gasteiger partial charge in [-0.1, -0.05) is 0 Å². The van der Waals surface area contributed by atoms with Crippen LogP contribution in [-0.2, 0) is 0 Å². The molecule has 0 atom stereocenters. The topological polar surface area (TPSA) is 55.2 Å². The Balaban J connectivity index is 2.48. The van der Waals surface area contributed by atoms with E-state index in [1.165, 1.54) is 23.9 Å². The Morgan fingerprint density at radius 1 is 1.56 bits per heavy atom. The third-order valence-electron chi connectivity index (χ3n) is 2.31. The molecule has 0 unspecified atom stereocenters. The van der Waals surface area contributed by atoms with Gasteiger partial charge in [-0.15, -0.1) is 11.8 Å². The number of rotatable bonds is 1. The number of anilines is 1. The van der Waals surface area contributed by atoms with Crippen LogP contribution in [0.1, 0.15) is 13.8 Å². The van der Waals surface area contributed by atoms with Gasteiger partial charge in [-0.2, -0.15) is 4.39 Å². The van der Waals surface area contributed by atoms with Crippen molar-refractivity contribution in [2.24, 2.45) is 0 Å². The number of hydrogen-bond acceptors (Lipinski definition) is 4. The third kappa shape index (κ3) is 1.97. The molecule has 0 saturated carbocycles. The van der Waals surface area contributed by atoms with Crippen LogP contribution in [0.4, 0.5) is 15.8 Å². The molecular weight excluding hydrogens is 231 g/mol. The van der Waals surface area contributed by atoms with Gasteiger partial charge in [-0.3, -0.25) is 10.1 Å². The molecule has 1 N–H and O–H groups in total. The maximum atomic E-state index is 13.3. The van der Waals surface area contributed by atoms with E-state index in [0.717, 1.165) is 10.6 Å². The van der Waals surface area contributed by atoms with Crippen LogP contribution in [0.2, 0.25) is 0 Å². The van der Waals surface area contributed by atoms with E-state index in [1.54, 1.807) is 0 Å². The predicted octanol–water partition coefficient (Wildman–Crippen LogP) is 3.03. The normalized spacial score (nSPS) is 17.4. The average Bonchev–Trinajstić information content (AvgIpc) is 2.16. The smallest absolute Gasteiger partial charge is 0.306 e.